The molecule has 1 amide bonds. The highest BCUT2D eigenvalue weighted by molar-refractivity contribution is 7.14. The van der Waals surface area contributed by atoms with Crippen LogP contribution in [0.1, 0.15) is 32.3 Å². The first-order valence-corrected chi connectivity index (χ1v) is 6.36. The SMILES string of the molecule is CCC1NC(=O)CC1(C)c1csc(Cl)c1. The van der Waals surface area contributed by atoms with Crippen molar-refractivity contribution in [2.45, 2.75) is 38.1 Å². The first-order valence-electron chi connectivity index (χ1n) is 5.10. The maximum absolute atomic E-state index is 11.5. The van der Waals surface area contributed by atoms with Crippen LogP contribution in [0, 0.1) is 0 Å². The van der Waals surface area contributed by atoms with Gasteiger partial charge in [-0.1, -0.05) is 25.4 Å². The molecule has 15 heavy (non-hydrogen) atoms. The van der Waals surface area contributed by atoms with Crippen LogP contribution >= 0.6 is 22.9 Å². The molecular weight excluding hydrogens is 230 g/mol. The topological polar surface area (TPSA) is 29.1 Å². The van der Waals surface area contributed by atoms with Crippen molar-refractivity contribution in [2.24, 2.45) is 0 Å². The van der Waals surface area contributed by atoms with Crippen molar-refractivity contribution in [3.05, 3.63) is 21.3 Å². The van der Waals surface area contributed by atoms with Crippen LogP contribution in [0.2, 0.25) is 4.34 Å². The van der Waals surface area contributed by atoms with Crippen molar-refractivity contribution in [1.82, 2.24) is 5.32 Å². The van der Waals surface area contributed by atoms with E-state index in [9.17, 15) is 4.79 Å². The molecule has 4 heteroatoms. The molecule has 1 aromatic rings. The van der Waals surface area contributed by atoms with Crippen molar-refractivity contribution >= 4 is 28.8 Å². The van der Waals surface area contributed by atoms with E-state index in [0.29, 0.717) is 6.42 Å². The summed E-state index contributed by atoms with van der Waals surface area (Å²) in [5, 5.41) is 5.09. The normalized spacial score (nSPS) is 30.6. The first-order chi connectivity index (χ1) is 7.06. The number of hydrogen-bond acceptors (Lipinski definition) is 2. The van der Waals surface area contributed by atoms with Crippen molar-refractivity contribution in [3.8, 4) is 0 Å². The Balaban J connectivity index is 2.36. The number of nitrogens with one attached hydrogen (secondary N) is 1. The molecule has 1 fully saturated rings. The molecular formula is C11H14ClNOS. The first kappa shape index (κ1) is 11.0. The summed E-state index contributed by atoms with van der Waals surface area (Å²) >= 11 is 7.47. The van der Waals surface area contributed by atoms with Crippen molar-refractivity contribution in [1.29, 1.82) is 0 Å². The van der Waals surface area contributed by atoms with Gasteiger partial charge >= 0.3 is 0 Å². The molecule has 0 bridgehead atoms. The lowest BCUT2D eigenvalue weighted by molar-refractivity contribution is -0.119. The second-order valence-corrected chi connectivity index (χ2v) is 5.80. The van der Waals surface area contributed by atoms with Crippen LogP contribution in [0.25, 0.3) is 0 Å². The van der Waals surface area contributed by atoms with Crippen LogP contribution in [0.5, 0.6) is 0 Å². The fourth-order valence-corrected chi connectivity index (χ4v) is 3.35. The van der Waals surface area contributed by atoms with Crippen molar-refractivity contribution < 1.29 is 4.79 Å². The maximum Gasteiger partial charge on any atom is 0.221 e. The lowest BCUT2D eigenvalue weighted by atomic mass is 9.76. The molecule has 2 nitrogen and oxygen atoms in total. The maximum atomic E-state index is 11.5. The third kappa shape index (κ3) is 1.79. The van der Waals surface area contributed by atoms with Crippen LogP contribution in [0.3, 0.4) is 0 Å². The minimum atomic E-state index is -0.0878. The number of hydrogen-bond donors (Lipinski definition) is 1. The summed E-state index contributed by atoms with van der Waals surface area (Å²) in [6.07, 6.45) is 1.52. The van der Waals surface area contributed by atoms with Crippen LogP contribution in [-0.4, -0.2) is 11.9 Å². The summed E-state index contributed by atoms with van der Waals surface area (Å²) in [7, 11) is 0. The van der Waals surface area contributed by atoms with Gasteiger partial charge in [-0.2, -0.15) is 0 Å². The van der Waals surface area contributed by atoms with Gasteiger partial charge in [-0.15, -0.1) is 11.3 Å². The lowest BCUT2D eigenvalue weighted by Crippen LogP contribution is -2.37. The average Bonchev–Trinajstić information content (AvgIpc) is 2.71. The van der Waals surface area contributed by atoms with Crippen molar-refractivity contribution in [2.75, 3.05) is 0 Å². The highest BCUT2D eigenvalue weighted by Crippen LogP contribution is 2.39. The fourth-order valence-electron chi connectivity index (χ4n) is 2.33. The second kappa shape index (κ2) is 3.80. The van der Waals surface area contributed by atoms with Gasteiger partial charge in [0.05, 0.1) is 4.34 Å². The third-order valence-corrected chi connectivity index (χ3v) is 4.36. The zero-order valence-electron chi connectivity index (χ0n) is 8.84. The van der Waals surface area contributed by atoms with Gasteiger partial charge in [-0.05, 0) is 23.4 Å². The fraction of sp³-hybridized carbons (Fsp3) is 0.545. The molecule has 1 aliphatic heterocycles. The van der Waals surface area contributed by atoms with Crippen LogP contribution < -0.4 is 5.32 Å². The molecule has 1 saturated heterocycles. The molecule has 2 rings (SSSR count). The number of halogens is 1. The molecule has 1 aromatic heterocycles. The zero-order valence-corrected chi connectivity index (χ0v) is 10.4. The minimum Gasteiger partial charge on any atom is -0.352 e. The minimum absolute atomic E-state index is 0.0878. The predicted octanol–water partition coefficient (Wildman–Crippen LogP) is 2.96. The number of amides is 1. The lowest BCUT2D eigenvalue weighted by Gasteiger charge is -2.28. The molecule has 2 unspecified atom stereocenters. The van der Waals surface area contributed by atoms with E-state index in [4.69, 9.17) is 11.6 Å². The average molecular weight is 244 g/mol. The van der Waals surface area contributed by atoms with Crippen LogP contribution in [0.4, 0.5) is 0 Å². The summed E-state index contributed by atoms with van der Waals surface area (Å²) in [5.74, 6) is 0.145. The van der Waals surface area contributed by atoms with Crippen LogP contribution in [-0.2, 0) is 10.2 Å². The van der Waals surface area contributed by atoms with Gasteiger partial charge in [0.15, 0.2) is 0 Å². The molecule has 1 aliphatic rings. The van der Waals surface area contributed by atoms with E-state index in [1.165, 1.54) is 16.9 Å². The van der Waals surface area contributed by atoms with E-state index in [2.05, 4.69) is 24.5 Å². The van der Waals surface area contributed by atoms with Gasteiger partial charge in [0, 0.05) is 17.9 Å². The highest BCUT2D eigenvalue weighted by atomic mass is 35.5. The Hall–Kier alpha value is -0.540. The van der Waals surface area contributed by atoms with Crippen molar-refractivity contribution in [3.63, 3.8) is 0 Å². The Kier molecular flexibility index (Phi) is 2.77. The summed E-state index contributed by atoms with van der Waals surface area (Å²) < 4.78 is 0.792. The molecule has 0 aromatic carbocycles. The summed E-state index contributed by atoms with van der Waals surface area (Å²) in [4.78, 5) is 11.5. The summed E-state index contributed by atoms with van der Waals surface area (Å²) in [6.45, 7) is 4.24. The van der Waals surface area contributed by atoms with Gasteiger partial charge in [0.25, 0.3) is 0 Å². The van der Waals surface area contributed by atoms with E-state index >= 15 is 0 Å². The Morgan fingerprint density at radius 2 is 2.47 bits per heavy atom. The number of rotatable bonds is 2. The quantitative estimate of drug-likeness (QED) is 0.850. The van der Waals surface area contributed by atoms with E-state index in [1.54, 1.807) is 0 Å². The largest absolute Gasteiger partial charge is 0.352 e. The predicted molar refractivity (Wildman–Crippen MR) is 63.5 cm³/mol. The Morgan fingerprint density at radius 3 is 3.00 bits per heavy atom. The Morgan fingerprint density at radius 1 is 1.73 bits per heavy atom. The van der Waals surface area contributed by atoms with Gasteiger partial charge in [-0.25, -0.2) is 0 Å². The summed E-state index contributed by atoms with van der Waals surface area (Å²) in [5.41, 5.74) is 1.10. The molecule has 0 aliphatic carbocycles. The molecule has 1 N–H and O–H groups in total. The van der Waals surface area contributed by atoms with Gasteiger partial charge in [0.2, 0.25) is 5.91 Å². The van der Waals surface area contributed by atoms with E-state index in [-0.39, 0.29) is 17.4 Å². The van der Waals surface area contributed by atoms with Gasteiger partial charge in [0.1, 0.15) is 0 Å². The Labute approximate surface area is 98.6 Å². The smallest absolute Gasteiger partial charge is 0.221 e. The molecule has 0 radical (unpaired) electrons. The molecule has 2 atom stereocenters. The summed E-state index contributed by atoms with van der Waals surface area (Å²) in [6, 6.07) is 2.21. The van der Waals surface area contributed by atoms with Gasteiger partial charge < -0.3 is 5.32 Å². The molecule has 0 saturated carbocycles. The molecule has 2 heterocycles. The van der Waals surface area contributed by atoms with Crippen LogP contribution in [0.15, 0.2) is 11.4 Å². The monoisotopic (exact) mass is 243 g/mol. The standard InChI is InChI=1S/C11H14ClNOS/c1-3-8-11(2,5-10(14)13-8)7-4-9(12)15-6-7/h4,6,8H,3,5H2,1-2H3,(H,13,14). The number of thiophene rings is 1. The van der Waals surface area contributed by atoms with E-state index < -0.39 is 0 Å². The van der Waals surface area contributed by atoms with E-state index in [0.717, 1.165) is 10.8 Å². The highest BCUT2D eigenvalue weighted by Gasteiger charge is 2.43. The second-order valence-electron chi connectivity index (χ2n) is 4.26. The Bertz CT molecular complexity index is 390. The number of carbonyl (C=O) groups is 1. The van der Waals surface area contributed by atoms with Gasteiger partial charge in [-0.3, -0.25) is 4.79 Å². The van der Waals surface area contributed by atoms with E-state index in [1.807, 2.05) is 6.07 Å². The molecule has 0 spiro atoms. The zero-order chi connectivity index (χ0) is 11.1. The molecule has 82 valence electrons. The third-order valence-electron chi connectivity index (χ3n) is 3.27. The number of carbonyl (C=O) groups excluding carboxylic acids is 1.